The van der Waals surface area contributed by atoms with Gasteiger partial charge in [-0.15, -0.1) is 10.2 Å². The van der Waals surface area contributed by atoms with Crippen LogP contribution in [0.1, 0.15) is 32.2 Å². The molecule has 1 aromatic heterocycles. The lowest BCUT2D eigenvalue weighted by molar-refractivity contribution is -0.120. The summed E-state index contributed by atoms with van der Waals surface area (Å²) in [6.07, 6.45) is 0.669. The van der Waals surface area contributed by atoms with Crippen molar-refractivity contribution in [2.45, 2.75) is 44.1 Å². The van der Waals surface area contributed by atoms with Gasteiger partial charge in [-0.25, -0.2) is 4.79 Å². The van der Waals surface area contributed by atoms with E-state index in [-0.39, 0.29) is 5.92 Å². The zero-order chi connectivity index (χ0) is 18.4. The van der Waals surface area contributed by atoms with Gasteiger partial charge in [0.25, 0.3) is 0 Å². The highest BCUT2D eigenvalue weighted by Crippen LogP contribution is 2.28. The van der Waals surface area contributed by atoms with E-state index in [0.717, 1.165) is 11.4 Å². The van der Waals surface area contributed by atoms with Crippen LogP contribution >= 0.6 is 11.8 Å². The van der Waals surface area contributed by atoms with Gasteiger partial charge >= 0.3 is 6.03 Å². The van der Waals surface area contributed by atoms with Crippen molar-refractivity contribution >= 4 is 23.7 Å². The molecule has 3 N–H and O–H groups in total. The number of carbonyl (C=O) groups is 2. The second-order valence-corrected chi connectivity index (χ2v) is 7.05. The number of nitrogens with zero attached hydrogens (tertiary/aromatic N) is 3. The molecule has 134 valence electrons. The average molecular weight is 361 g/mol. The first-order valence-electron chi connectivity index (χ1n) is 8.15. The monoisotopic (exact) mass is 361 g/mol. The van der Waals surface area contributed by atoms with Crippen molar-refractivity contribution in [1.82, 2.24) is 20.1 Å². The largest absolute Gasteiger partial charge is 0.351 e. The van der Waals surface area contributed by atoms with E-state index in [1.165, 1.54) is 11.8 Å². The van der Waals surface area contributed by atoms with Crippen LogP contribution in [0.25, 0.3) is 0 Å². The summed E-state index contributed by atoms with van der Waals surface area (Å²) in [6, 6.07) is 9.18. The molecule has 2 aromatic rings. The molecule has 0 unspecified atom stereocenters. The Balaban J connectivity index is 2.20. The van der Waals surface area contributed by atoms with Crippen LogP contribution in [0.3, 0.4) is 0 Å². The number of rotatable bonds is 7. The molecule has 0 radical (unpaired) electrons. The standard InChI is InChI=1S/C17H23N5O2S/c1-4-22-13(10-12-8-6-5-7-9-12)20-21-17(22)25-14(11(2)3)15(23)19-16(18)24/h5-9,11,14H,4,10H2,1-3H3,(H3,18,19,23,24)/t14-/m1/s1. The second-order valence-electron chi connectivity index (χ2n) is 5.94. The molecule has 7 nitrogen and oxygen atoms in total. The number of aromatic nitrogens is 3. The van der Waals surface area contributed by atoms with Gasteiger partial charge in [0.1, 0.15) is 5.82 Å². The maximum absolute atomic E-state index is 12.2. The highest BCUT2D eigenvalue weighted by Gasteiger charge is 2.27. The lowest BCUT2D eigenvalue weighted by Gasteiger charge is -2.18. The van der Waals surface area contributed by atoms with Crippen molar-refractivity contribution in [3.63, 3.8) is 0 Å². The molecule has 0 saturated carbocycles. The van der Waals surface area contributed by atoms with Gasteiger partial charge in [0, 0.05) is 13.0 Å². The summed E-state index contributed by atoms with van der Waals surface area (Å²) >= 11 is 1.30. The van der Waals surface area contributed by atoms with Crippen molar-refractivity contribution in [3.8, 4) is 0 Å². The van der Waals surface area contributed by atoms with E-state index in [4.69, 9.17) is 5.73 Å². The van der Waals surface area contributed by atoms with Crippen molar-refractivity contribution < 1.29 is 9.59 Å². The van der Waals surface area contributed by atoms with Gasteiger partial charge in [-0.1, -0.05) is 55.9 Å². The van der Waals surface area contributed by atoms with Crippen molar-refractivity contribution in [3.05, 3.63) is 41.7 Å². The Morgan fingerprint density at radius 1 is 1.24 bits per heavy atom. The number of imide groups is 1. The number of nitrogens with one attached hydrogen (secondary N) is 1. The number of thioether (sulfide) groups is 1. The summed E-state index contributed by atoms with van der Waals surface area (Å²) in [7, 11) is 0. The predicted octanol–water partition coefficient (Wildman–Crippen LogP) is 2.20. The second kappa shape index (κ2) is 8.66. The Hall–Kier alpha value is -2.35. The Morgan fingerprint density at radius 2 is 1.92 bits per heavy atom. The minimum absolute atomic E-state index is 0.00364. The van der Waals surface area contributed by atoms with Crippen LogP contribution < -0.4 is 11.1 Å². The summed E-state index contributed by atoms with van der Waals surface area (Å²) in [5.74, 6) is 0.431. The first-order chi connectivity index (χ1) is 11.9. The molecular formula is C17H23N5O2S. The fraction of sp³-hybridized carbons (Fsp3) is 0.412. The molecule has 1 aromatic carbocycles. The van der Waals surface area contributed by atoms with Gasteiger partial charge in [-0.3, -0.25) is 10.1 Å². The third-order valence-electron chi connectivity index (χ3n) is 3.66. The molecule has 1 atom stereocenters. The quantitative estimate of drug-likeness (QED) is 0.736. The minimum atomic E-state index is -0.849. The summed E-state index contributed by atoms with van der Waals surface area (Å²) in [4.78, 5) is 23.2. The molecular weight excluding hydrogens is 338 g/mol. The zero-order valence-electron chi connectivity index (χ0n) is 14.6. The van der Waals surface area contributed by atoms with E-state index >= 15 is 0 Å². The highest BCUT2D eigenvalue weighted by atomic mass is 32.2. The predicted molar refractivity (Wildman–Crippen MR) is 97.2 cm³/mol. The summed E-state index contributed by atoms with van der Waals surface area (Å²) in [6.45, 7) is 6.53. The van der Waals surface area contributed by atoms with Gasteiger partial charge in [-0.05, 0) is 18.4 Å². The number of urea groups is 1. The fourth-order valence-electron chi connectivity index (χ4n) is 2.43. The topological polar surface area (TPSA) is 103 Å². The fourth-order valence-corrected chi connectivity index (χ4v) is 3.55. The molecule has 8 heteroatoms. The van der Waals surface area contributed by atoms with E-state index in [1.807, 2.05) is 55.7 Å². The average Bonchev–Trinajstić information content (AvgIpc) is 2.94. The number of benzene rings is 1. The molecule has 1 heterocycles. The molecule has 0 aliphatic rings. The molecule has 2 rings (SSSR count). The maximum atomic E-state index is 12.2. The Morgan fingerprint density at radius 3 is 2.48 bits per heavy atom. The third-order valence-corrected chi connectivity index (χ3v) is 5.18. The molecule has 25 heavy (non-hydrogen) atoms. The van der Waals surface area contributed by atoms with E-state index in [0.29, 0.717) is 18.1 Å². The van der Waals surface area contributed by atoms with Crippen molar-refractivity contribution in [2.75, 3.05) is 0 Å². The van der Waals surface area contributed by atoms with Gasteiger partial charge < -0.3 is 10.3 Å². The number of nitrogens with two attached hydrogens (primary N) is 1. The first kappa shape index (κ1) is 19.0. The van der Waals surface area contributed by atoms with Gasteiger partial charge in [0.2, 0.25) is 5.91 Å². The van der Waals surface area contributed by atoms with Crippen LogP contribution in [-0.2, 0) is 17.8 Å². The van der Waals surface area contributed by atoms with E-state index < -0.39 is 17.2 Å². The first-order valence-corrected chi connectivity index (χ1v) is 9.03. The van der Waals surface area contributed by atoms with Crippen molar-refractivity contribution in [1.29, 1.82) is 0 Å². The van der Waals surface area contributed by atoms with Gasteiger partial charge in [0.15, 0.2) is 5.16 Å². The number of amides is 3. The highest BCUT2D eigenvalue weighted by molar-refractivity contribution is 8.00. The molecule has 0 saturated heterocycles. The molecule has 0 spiro atoms. The Bertz CT molecular complexity index is 730. The Kier molecular flexibility index (Phi) is 6.58. The summed E-state index contributed by atoms with van der Waals surface area (Å²) in [5, 5.41) is 10.9. The van der Waals surface area contributed by atoms with E-state index in [9.17, 15) is 9.59 Å². The maximum Gasteiger partial charge on any atom is 0.318 e. The number of primary amides is 1. The third kappa shape index (κ3) is 5.06. The Labute approximate surface area is 151 Å². The molecule has 0 fully saturated rings. The van der Waals surface area contributed by atoms with E-state index in [1.54, 1.807) is 0 Å². The number of hydrogen-bond donors (Lipinski definition) is 2. The van der Waals surface area contributed by atoms with Gasteiger partial charge in [-0.2, -0.15) is 0 Å². The van der Waals surface area contributed by atoms with Gasteiger partial charge in [0.05, 0.1) is 5.25 Å². The van der Waals surface area contributed by atoms with Crippen LogP contribution in [0.2, 0.25) is 0 Å². The van der Waals surface area contributed by atoms with Crippen LogP contribution in [0.15, 0.2) is 35.5 Å². The molecule has 0 bridgehead atoms. The number of carbonyl (C=O) groups excluding carboxylic acids is 2. The van der Waals surface area contributed by atoms with Crippen LogP contribution in [0.5, 0.6) is 0 Å². The van der Waals surface area contributed by atoms with Crippen LogP contribution in [0, 0.1) is 5.92 Å². The summed E-state index contributed by atoms with van der Waals surface area (Å²) in [5.41, 5.74) is 6.20. The lowest BCUT2D eigenvalue weighted by Crippen LogP contribution is -2.42. The zero-order valence-corrected chi connectivity index (χ0v) is 15.4. The minimum Gasteiger partial charge on any atom is -0.351 e. The smallest absolute Gasteiger partial charge is 0.318 e. The van der Waals surface area contributed by atoms with Crippen LogP contribution in [0.4, 0.5) is 4.79 Å². The van der Waals surface area contributed by atoms with Crippen LogP contribution in [-0.4, -0.2) is 32.0 Å². The SMILES string of the molecule is CCn1c(Cc2ccccc2)nnc1S[C@@H](C(=O)NC(N)=O)C(C)C. The van der Waals surface area contributed by atoms with E-state index in [2.05, 4.69) is 15.5 Å². The summed E-state index contributed by atoms with van der Waals surface area (Å²) < 4.78 is 1.99. The number of hydrogen-bond acceptors (Lipinski definition) is 5. The molecule has 0 aliphatic carbocycles. The normalized spacial score (nSPS) is 12.2. The molecule has 0 aliphatic heterocycles. The molecule has 3 amide bonds. The lowest BCUT2D eigenvalue weighted by atomic mass is 10.1. The van der Waals surface area contributed by atoms with Crippen molar-refractivity contribution in [2.24, 2.45) is 11.7 Å².